The Labute approximate surface area is 150 Å². The molecule has 1 N–H and O–H groups in total. The van der Waals surface area contributed by atoms with Crippen molar-refractivity contribution in [2.45, 2.75) is 13.5 Å². The lowest BCUT2D eigenvalue weighted by Gasteiger charge is -2.23. The molecule has 1 aliphatic heterocycles. The van der Waals surface area contributed by atoms with E-state index in [1.807, 2.05) is 23.0 Å². The maximum absolute atomic E-state index is 11.1. The molecule has 0 aliphatic carbocycles. The highest BCUT2D eigenvalue weighted by Gasteiger charge is 2.15. The van der Waals surface area contributed by atoms with Crippen LogP contribution in [0.4, 0.5) is 5.69 Å². The Kier molecular flexibility index (Phi) is 5.78. The number of hydrogen-bond acceptors (Lipinski definition) is 7. The highest BCUT2D eigenvalue weighted by atomic mass is 32.2. The van der Waals surface area contributed by atoms with Gasteiger partial charge in [-0.2, -0.15) is 5.10 Å². The van der Waals surface area contributed by atoms with Gasteiger partial charge in [0.05, 0.1) is 24.7 Å². The Morgan fingerprint density at radius 1 is 1.40 bits per heavy atom. The van der Waals surface area contributed by atoms with Crippen LogP contribution in [0.3, 0.4) is 0 Å². The van der Waals surface area contributed by atoms with E-state index in [0.29, 0.717) is 10.9 Å². The van der Waals surface area contributed by atoms with Crippen LogP contribution in [-0.2, 0) is 11.3 Å². The van der Waals surface area contributed by atoms with E-state index in [-0.39, 0.29) is 5.91 Å². The minimum atomic E-state index is -0.0335. The van der Waals surface area contributed by atoms with Gasteiger partial charge in [-0.1, -0.05) is 29.1 Å². The van der Waals surface area contributed by atoms with Crippen LogP contribution in [0, 0.1) is 0 Å². The zero-order valence-corrected chi connectivity index (χ0v) is 14.7. The van der Waals surface area contributed by atoms with Crippen molar-refractivity contribution in [1.29, 1.82) is 0 Å². The first kappa shape index (κ1) is 17.2. The number of anilines is 1. The summed E-state index contributed by atoms with van der Waals surface area (Å²) >= 11 is 1.36. The van der Waals surface area contributed by atoms with E-state index in [9.17, 15) is 4.79 Å². The lowest BCUT2D eigenvalue weighted by atomic mass is 10.2. The average molecular weight is 357 g/mol. The highest BCUT2D eigenvalue weighted by molar-refractivity contribution is 8.15. The molecule has 1 fully saturated rings. The number of nitrogens with one attached hydrogen (secondary N) is 1. The highest BCUT2D eigenvalue weighted by Crippen LogP contribution is 2.15. The molecule has 2 aromatic rings. The molecule has 1 aromatic heterocycles. The van der Waals surface area contributed by atoms with E-state index < -0.39 is 0 Å². The van der Waals surface area contributed by atoms with Crippen LogP contribution in [0.2, 0.25) is 0 Å². The third-order valence-corrected chi connectivity index (χ3v) is 4.52. The molecule has 0 atom stereocenters. The number of amidine groups is 1. The minimum absolute atomic E-state index is 0.0335. The number of hydrogen-bond donors (Lipinski definition) is 1. The number of aromatic nitrogens is 3. The fourth-order valence-corrected chi connectivity index (χ4v) is 2.97. The summed E-state index contributed by atoms with van der Waals surface area (Å²) in [6.07, 6.45) is 5.22. The molecule has 0 spiro atoms. The normalized spacial score (nSPS) is 15.9. The van der Waals surface area contributed by atoms with Gasteiger partial charge < -0.3 is 10.2 Å². The molecule has 1 saturated heterocycles. The Hall–Kier alpha value is -2.68. The molecule has 1 aromatic carbocycles. The van der Waals surface area contributed by atoms with E-state index in [2.05, 4.69) is 49.8 Å². The molecule has 0 radical (unpaired) electrons. The fourth-order valence-electron chi connectivity index (χ4n) is 2.34. The van der Waals surface area contributed by atoms with Crippen molar-refractivity contribution >= 4 is 34.7 Å². The lowest BCUT2D eigenvalue weighted by molar-refractivity contribution is -0.116. The lowest BCUT2D eigenvalue weighted by Crippen LogP contribution is -2.27. The smallest absolute Gasteiger partial charge is 0.236 e. The molecule has 8 nitrogen and oxygen atoms in total. The number of carbonyl (C=O) groups excluding carboxylic acids is 1. The Balaban J connectivity index is 1.57. The van der Waals surface area contributed by atoms with Gasteiger partial charge in [0.2, 0.25) is 5.91 Å². The summed E-state index contributed by atoms with van der Waals surface area (Å²) in [6, 6.07) is 8.12. The zero-order chi connectivity index (χ0) is 17.5. The molecule has 130 valence electrons. The standard InChI is InChI=1S/C16H19N7OS/c1-2-22(9-10-23-8-7-17-21-23)14-5-3-13(4-6-14)11-18-20-16-19-15(24)12-25-16/h3-8,11H,2,9-10,12H2,1H3,(H,19,20,24). The summed E-state index contributed by atoms with van der Waals surface area (Å²) in [6.45, 7) is 4.68. The first-order valence-corrected chi connectivity index (χ1v) is 8.96. The van der Waals surface area contributed by atoms with E-state index in [4.69, 9.17) is 0 Å². The summed E-state index contributed by atoms with van der Waals surface area (Å²) in [5, 5.41) is 19.0. The van der Waals surface area contributed by atoms with Crippen LogP contribution in [0.5, 0.6) is 0 Å². The summed E-state index contributed by atoms with van der Waals surface area (Å²) in [7, 11) is 0. The molecule has 1 amide bonds. The predicted molar refractivity (Wildman–Crippen MR) is 100.0 cm³/mol. The van der Waals surface area contributed by atoms with Crippen molar-refractivity contribution < 1.29 is 4.79 Å². The van der Waals surface area contributed by atoms with Crippen LogP contribution >= 0.6 is 11.8 Å². The summed E-state index contributed by atoms with van der Waals surface area (Å²) < 4.78 is 1.82. The Bertz CT molecular complexity index is 755. The van der Waals surface area contributed by atoms with Gasteiger partial charge in [0.25, 0.3) is 0 Å². The Morgan fingerprint density at radius 3 is 2.88 bits per heavy atom. The van der Waals surface area contributed by atoms with Crippen LogP contribution in [0.25, 0.3) is 0 Å². The SMILES string of the molecule is CCN(CCn1ccnn1)c1ccc(C=NN=C2NC(=O)CS2)cc1. The van der Waals surface area contributed by atoms with Crippen molar-refractivity contribution in [1.82, 2.24) is 20.3 Å². The largest absolute Gasteiger partial charge is 0.370 e. The maximum Gasteiger partial charge on any atom is 0.236 e. The predicted octanol–water partition coefficient (Wildman–Crippen LogP) is 1.36. The van der Waals surface area contributed by atoms with E-state index in [0.717, 1.165) is 30.9 Å². The summed E-state index contributed by atoms with van der Waals surface area (Å²) in [5.74, 6) is 0.374. The number of thioether (sulfide) groups is 1. The van der Waals surface area contributed by atoms with Gasteiger partial charge in [-0.3, -0.25) is 9.48 Å². The molecular weight excluding hydrogens is 338 g/mol. The van der Waals surface area contributed by atoms with Gasteiger partial charge in [-0.05, 0) is 24.6 Å². The third kappa shape index (κ3) is 4.90. The number of carbonyl (C=O) groups is 1. The second kappa shape index (κ2) is 8.43. The molecule has 0 unspecified atom stereocenters. The number of nitrogens with zero attached hydrogens (tertiary/aromatic N) is 6. The van der Waals surface area contributed by atoms with Crippen molar-refractivity contribution in [3.63, 3.8) is 0 Å². The third-order valence-electron chi connectivity index (χ3n) is 3.65. The Morgan fingerprint density at radius 2 is 2.24 bits per heavy atom. The van der Waals surface area contributed by atoms with Gasteiger partial charge in [-0.25, -0.2) is 0 Å². The molecule has 25 heavy (non-hydrogen) atoms. The van der Waals surface area contributed by atoms with Crippen molar-refractivity contribution in [3.05, 3.63) is 42.2 Å². The summed E-state index contributed by atoms with van der Waals surface area (Å²) in [4.78, 5) is 13.3. The van der Waals surface area contributed by atoms with Crippen LogP contribution in [-0.4, -0.2) is 51.1 Å². The molecule has 0 saturated carbocycles. The summed E-state index contributed by atoms with van der Waals surface area (Å²) in [5.41, 5.74) is 2.10. The van der Waals surface area contributed by atoms with Gasteiger partial charge in [0.15, 0.2) is 5.17 Å². The zero-order valence-electron chi connectivity index (χ0n) is 13.9. The average Bonchev–Trinajstić information content (AvgIpc) is 3.28. The van der Waals surface area contributed by atoms with E-state index in [1.54, 1.807) is 12.4 Å². The number of benzene rings is 1. The van der Waals surface area contributed by atoms with Crippen LogP contribution in [0.1, 0.15) is 12.5 Å². The van der Waals surface area contributed by atoms with Crippen LogP contribution < -0.4 is 10.2 Å². The van der Waals surface area contributed by atoms with Gasteiger partial charge in [-0.15, -0.1) is 10.2 Å². The van der Waals surface area contributed by atoms with Gasteiger partial charge in [0.1, 0.15) is 0 Å². The van der Waals surface area contributed by atoms with Crippen molar-refractivity contribution in [3.8, 4) is 0 Å². The fraction of sp³-hybridized carbons (Fsp3) is 0.312. The molecule has 3 rings (SSSR count). The minimum Gasteiger partial charge on any atom is -0.370 e. The van der Waals surface area contributed by atoms with Gasteiger partial charge in [0, 0.05) is 25.0 Å². The number of likely N-dealkylation sites (N-methyl/N-ethyl adjacent to an activating group) is 1. The molecule has 9 heteroatoms. The molecule has 0 bridgehead atoms. The van der Waals surface area contributed by atoms with Gasteiger partial charge >= 0.3 is 0 Å². The van der Waals surface area contributed by atoms with E-state index >= 15 is 0 Å². The second-order valence-electron chi connectivity index (χ2n) is 5.32. The monoisotopic (exact) mass is 357 g/mol. The van der Waals surface area contributed by atoms with Crippen molar-refractivity contribution in [2.24, 2.45) is 10.2 Å². The molecular formula is C16H19N7OS. The second-order valence-corrected chi connectivity index (χ2v) is 6.29. The van der Waals surface area contributed by atoms with Crippen molar-refractivity contribution in [2.75, 3.05) is 23.7 Å². The van der Waals surface area contributed by atoms with E-state index in [1.165, 1.54) is 11.8 Å². The quantitative estimate of drug-likeness (QED) is 0.597. The maximum atomic E-state index is 11.1. The number of rotatable bonds is 7. The molecule has 2 heterocycles. The topological polar surface area (TPSA) is 87.8 Å². The van der Waals surface area contributed by atoms with Crippen LogP contribution in [0.15, 0.2) is 46.9 Å². The molecule has 1 aliphatic rings. The first-order valence-electron chi connectivity index (χ1n) is 7.97. The number of amides is 1. The first-order chi connectivity index (χ1) is 12.2.